The van der Waals surface area contributed by atoms with Crippen molar-refractivity contribution in [1.29, 1.82) is 0 Å². The molecule has 8 amide bonds. The number of hydrogen-bond donors (Lipinski definition) is 8. The summed E-state index contributed by atoms with van der Waals surface area (Å²) in [6, 6.07) is 16.0. The van der Waals surface area contributed by atoms with Crippen molar-refractivity contribution in [3.05, 3.63) is 70.8 Å². The second-order valence-corrected chi connectivity index (χ2v) is 62.0. The van der Waals surface area contributed by atoms with Gasteiger partial charge in [0.1, 0.15) is 0 Å². The molecule has 0 spiro atoms. The number of unbranched alkanes of at least 4 members (excludes halogenated alkanes) is 8. The van der Waals surface area contributed by atoms with Gasteiger partial charge in [0, 0.05) is 102 Å². The summed E-state index contributed by atoms with van der Waals surface area (Å²) in [7, 11) is 0. The first-order chi connectivity index (χ1) is 65.7. The highest BCUT2D eigenvalue weighted by atomic mass is 16.2. The monoisotopic (exact) mass is 2050 g/mol. The maximum atomic E-state index is 12.1. The molecule has 0 atom stereocenters. The van der Waals surface area contributed by atoms with Crippen LogP contribution in [0.2, 0.25) is 0 Å². The minimum atomic E-state index is 0.0399. The van der Waals surface area contributed by atoms with Crippen molar-refractivity contribution in [3.8, 4) is 0 Å². The number of nitrogens with one attached hydrogen (secondary N) is 8. The topological polar surface area (TPSA) is 233 Å². The molecule has 0 aromatic heterocycles. The summed E-state index contributed by atoms with van der Waals surface area (Å²) in [6.45, 7) is 113. The Morgan fingerprint density at radius 3 is 0.466 bits per heavy atom. The van der Waals surface area contributed by atoms with Gasteiger partial charge >= 0.3 is 0 Å². The summed E-state index contributed by atoms with van der Waals surface area (Å²) in [5.74, 6) is 1.29. The third-order valence-corrected chi connectivity index (χ3v) is 23.5. The molecule has 0 aliphatic rings. The number of rotatable bonds is 48. The van der Waals surface area contributed by atoms with Crippen LogP contribution in [0.1, 0.15) is 595 Å². The first-order valence-corrected chi connectivity index (χ1v) is 58.1. The van der Waals surface area contributed by atoms with Gasteiger partial charge < -0.3 is 42.5 Å². The Bertz CT molecular complexity index is 3420. The predicted octanol–water partition coefficient (Wildman–Crippen LogP) is 35.3. The average Bonchev–Trinajstić information content (AvgIpc) is 0.870. The molecule has 16 nitrogen and oxygen atoms in total. The van der Waals surface area contributed by atoms with E-state index in [1.54, 1.807) is 0 Å². The van der Waals surface area contributed by atoms with Crippen molar-refractivity contribution in [2.75, 3.05) is 52.4 Å². The highest BCUT2D eigenvalue weighted by molar-refractivity contribution is 5.94. The Balaban J connectivity index is -0.000000385. The number of carbonyl (C=O) groups excluding carboxylic acids is 8. The van der Waals surface area contributed by atoms with E-state index in [9.17, 15) is 38.4 Å². The zero-order valence-corrected chi connectivity index (χ0v) is 106. The normalized spacial score (nSPS) is 12.5. The quantitative estimate of drug-likeness (QED) is 0.0296. The van der Waals surface area contributed by atoms with Gasteiger partial charge in [0.25, 0.3) is 11.8 Å². The van der Waals surface area contributed by atoms with Crippen LogP contribution >= 0.6 is 0 Å². The maximum Gasteiger partial charge on any atom is 0.251 e. The number of carbonyl (C=O) groups is 8. The highest BCUT2D eigenvalue weighted by Gasteiger charge is 2.24. The van der Waals surface area contributed by atoms with Gasteiger partial charge in [-0.3, -0.25) is 38.4 Å². The summed E-state index contributed by atoms with van der Waals surface area (Å²) >= 11 is 0. The zero-order valence-electron chi connectivity index (χ0n) is 106. The van der Waals surface area contributed by atoms with E-state index in [0.717, 1.165) is 179 Å². The molecule has 0 heterocycles. The van der Waals surface area contributed by atoms with Crippen LogP contribution in [-0.2, 0) is 41.6 Å². The number of hydrogen-bond acceptors (Lipinski definition) is 8. The van der Waals surface area contributed by atoms with Gasteiger partial charge in [-0.05, 0) is 276 Å². The van der Waals surface area contributed by atoms with Crippen molar-refractivity contribution in [3.63, 3.8) is 0 Å². The molecule has 16 heteroatoms. The molecule has 2 aromatic carbocycles. The lowest BCUT2D eigenvalue weighted by atomic mass is 9.88. The predicted molar refractivity (Wildman–Crippen MR) is 641 cm³/mol. The molecule has 0 fully saturated rings. The van der Waals surface area contributed by atoms with Crippen molar-refractivity contribution < 1.29 is 38.4 Å². The molecule has 146 heavy (non-hydrogen) atoms. The van der Waals surface area contributed by atoms with E-state index in [1.807, 2.05) is 24.3 Å². The molecule has 0 saturated heterocycles. The maximum absolute atomic E-state index is 12.1. The summed E-state index contributed by atoms with van der Waals surface area (Å²) in [5, 5.41) is 24.0. The van der Waals surface area contributed by atoms with Crippen molar-refractivity contribution in [1.82, 2.24) is 42.5 Å². The minimum Gasteiger partial charge on any atom is -0.356 e. The minimum absolute atomic E-state index is 0.0399. The Kier molecular flexibility index (Phi) is 77.6. The first-order valence-electron chi connectivity index (χ1n) is 58.1. The van der Waals surface area contributed by atoms with Crippen LogP contribution in [-0.4, -0.2) is 99.6 Å². The van der Waals surface area contributed by atoms with Crippen molar-refractivity contribution >= 4 is 47.3 Å². The van der Waals surface area contributed by atoms with Crippen LogP contribution in [0.4, 0.5) is 0 Å². The van der Waals surface area contributed by atoms with Crippen LogP contribution in [0.25, 0.3) is 0 Å². The van der Waals surface area contributed by atoms with Crippen LogP contribution < -0.4 is 42.5 Å². The molecule has 8 N–H and O–H groups in total. The zero-order chi connectivity index (χ0) is 115. The molecule has 2 aromatic rings. The molecular weight excluding hydrogens is 1800 g/mol. The first kappa shape index (κ1) is 151. The number of benzene rings is 2. The second-order valence-electron chi connectivity index (χ2n) is 62.0. The third kappa shape index (κ3) is 132. The van der Waals surface area contributed by atoms with E-state index in [2.05, 4.69) is 399 Å². The Morgan fingerprint density at radius 1 is 0.158 bits per heavy atom. The fraction of sp³-hybridized carbons (Fsp3) is 0.846. The van der Waals surface area contributed by atoms with E-state index in [1.165, 1.54) is 101 Å². The molecular formula is C130H252N8O8. The van der Waals surface area contributed by atoms with Gasteiger partial charge in [0.2, 0.25) is 35.4 Å². The molecule has 0 aliphatic carbocycles. The second kappa shape index (κ2) is 75.1. The van der Waals surface area contributed by atoms with Gasteiger partial charge in [-0.1, -0.05) is 408 Å². The largest absolute Gasteiger partial charge is 0.356 e. The van der Waals surface area contributed by atoms with Crippen molar-refractivity contribution in [2.45, 2.75) is 576 Å². The molecule has 0 aliphatic heterocycles. The van der Waals surface area contributed by atoms with E-state index < -0.39 is 0 Å². The number of amides is 8. The molecule has 0 bridgehead atoms. The molecule has 860 valence electrons. The lowest BCUT2D eigenvalue weighted by Crippen LogP contribution is -2.28. The van der Waals surface area contributed by atoms with Crippen molar-refractivity contribution in [2.24, 2.45) is 86.6 Å². The average molecular weight is 2060 g/mol. The van der Waals surface area contributed by atoms with Crippen LogP contribution in [0.5, 0.6) is 0 Å². The Labute approximate surface area is 908 Å². The van der Waals surface area contributed by atoms with Gasteiger partial charge in [0.15, 0.2) is 0 Å². The summed E-state index contributed by atoms with van der Waals surface area (Å²) in [5.41, 5.74) is 9.25. The standard InChI is InChI=1S/2C20H33NO.2C16H33NO.2C15H31NO.2C14H29NO/c2*1-19(2,3)13-7-8-14-21-18(22)17-11-9-16(10-12-17)15-20(4,5)6;2*1-15(2,3)11-7-8-13-17-14(18)10-9-12-16(4,5)6;2*1-14(2,3)10-7-8-12-16-13(17)9-11-15(4,5)6;2*1-13(2,3)9-7-8-10-15-12(16)11-14(4,5)6/h2*9-12H,7-8,13-15H2,1-6H3,(H,21,22);2*7-13H2,1-6H3,(H,17,18);2*7-12H2,1-6H3,(H,16,17);2*7-11H2,1-6H3,(H,15,16). The molecule has 0 radical (unpaired) electrons. The van der Waals surface area contributed by atoms with Crippen LogP contribution in [0.15, 0.2) is 48.5 Å². The third-order valence-electron chi connectivity index (χ3n) is 23.5. The van der Waals surface area contributed by atoms with Gasteiger partial charge in [-0.2, -0.15) is 0 Å². The fourth-order valence-corrected chi connectivity index (χ4v) is 15.0. The van der Waals surface area contributed by atoms with E-state index in [4.69, 9.17) is 0 Å². The lowest BCUT2D eigenvalue weighted by Gasteiger charge is -2.19. The van der Waals surface area contributed by atoms with Gasteiger partial charge in [-0.15, -0.1) is 0 Å². The molecule has 0 unspecified atom stereocenters. The molecule has 0 saturated carbocycles. The highest BCUT2D eigenvalue weighted by Crippen LogP contribution is 2.32. The summed E-state index contributed by atoms with van der Waals surface area (Å²) < 4.78 is 0. The van der Waals surface area contributed by atoms with E-state index >= 15 is 0 Å². The van der Waals surface area contributed by atoms with Gasteiger partial charge in [0.05, 0.1) is 0 Å². The fourth-order valence-electron chi connectivity index (χ4n) is 15.0. The Hall–Kier alpha value is -5.80. The Morgan fingerprint density at radius 2 is 0.308 bits per heavy atom. The van der Waals surface area contributed by atoms with Gasteiger partial charge in [-0.25, -0.2) is 0 Å². The smallest absolute Gasteiger partial charge is 0.251 e. The molecule has 2 rings (SSSR count). The SMILES string of the molecule is CC(C)(C)CCCCNC(=O)CC(C)(C)C.CC(C)(C)CCCCNC(=O)CC(C)(C)C.CC(C)(C)CCCCNC(=O)CCC(C)(C)C.CC(C)(C)CCCCNC(=O)CCC(C)(C)C.CC(C)(C)CCCCNC(=O)CCCC(C)(C)C.CC(C)(C)CCCCNC(=O)CCCC(C)(C)C.CC(C)(C)CCCCNC(=O)c1ccc(CC(C)(C)C)cc1.CC(C)(C)CCCCNC(=O)c1ccc(CC(C)(C)C)cc1. The van der Waals surface area contributed by atoms with E-state index in [-0.39, 0.29) is 79.7 Å². The van der Waals surface area contributed by atoms with Crippen LogP contribution in [0.3, 0.4) is 0 Å². The van der Waals surface area contributed by atoms with E-state index in [0.29, 0.717) is 92.7 Å². The summed E-state index contributed by atoms with van der Waals surface area (Å²) in [6.07, 6.45) is 40.0. The summed E-state index contributed by atoms with van der Waals surface area (Å²) in [4.78, 5) is 93.4. The lowest BCUT2D eigenvalue weighted by molar-refractivity contribution is -0.123. The van der Waals surface area contributed by atoms with Crippen LogP contribution in [0, 0.1) is 86.6 Å².